The van der Waals surface area contributed by atoms with Gasteiger partial charge in [-0.3, -0.25) is 14.4 Å². The third kappa shape index (κ3) is 49.1. The number of allylic oxidation sites excluding steroid dienone is 18. The van der Waals surface area contributed by atoms with E-state index in [0.29, 0.717) is 25.7 Å². The Bertz CT molecular complexity index is 1890. The molecule has 1 rings (SSSR count). The zero-order valence-electron chi connectivity index (χ0n) is 53.6. The van der Waals surface area contributed by atoms with Crippen LogP contribution < -0.4 is 0 Å². The quantitative estimate of drug-likeness (QED) is 0.0228. The maximum Gasteiger partial charge on any atom is 0.335 e. The Morgan fingerprint density at radius 3 is 1.16 bits per heavy atom. The van der Waals surface area contributed by atoms with E-state index in [1.807, 2.05) is 12.2 Å². The van der Waals surface area contributed by atoms with Crippen molar-refractivity contribution in [2.75, 3.05) is 13.2 Å². The molecule has 3 N–H and O–H groups in total. The van der Waals surface area contributed by atoms with Crippen molar-refractivity contribution in [3.63, 3.8) is 0 Å². The number of carboxylic acid groups (broad SMARTS) is 1. The van der Waals surface area contributed by atoms with Crippen molar-refractivity contribution in [3.8, 4) is 0 Å². The van der Waals surface area contributed by atoms with Crippen molar-refractivity contribution in [2.24, 2.45) is 0 Å². The minimum Gasteiger partial charge on any atom is -0.479 e. The summed E-state index contributed by atoms with van der Waals surface area (Å²) in [6.07, 6.45) is 69.0. The molecule has 1 aliphatic heterocycles. The fourth-order valence-corrected chi connectivity index (χ4v) is 9.64. The van der Waals surface area contributed by atoms with Crippen LogP contribution in [0.4, 0.5) is 0 Å². The van der Waals surface area contributed by atoms with Crippen molar-refractivity contribution in [1.82, 2.24) is 0 Å². The van der Waals surface area contributed by atoms with Crippen molar-refractivity contribution < 1.29 is 58.2 Å². The number of esters is 3. The molecule has 1 heterocycles. The number of hydrogen-bond donors (Lipinski definition) is 3. The van der Waals surface area contributed by atoms with Gasteiger partial charge in [0, 0.05) is 19.3 Å². The third-order valence-corrected chi connectivity index (χ3v) is 14.8. The van der Waals surface area contributed by atoms with Crippen molar-refractivity contribution in [3.05, 3.63) is 109 Å². The molecule has 1 saturated heterocycles. The number of carboxylic acids is 1. The summed E-state index contributed by atoms with van der Waals surface area (Å²) in [6.45, 7) is 5.83. The Hall–Kier alpha value is -4.62. The first kappa shape index (κ1) is 78.4. The van der Waals surface area contributed by atoms with E-state index in [1.165, 1.54) is 109 Å². The van der Waals surface area contributed by atoms with E-state index in [-0.39, 0.29) is 25.9 Å². The molecule has 0 amide bonds. The van der Waals surface area contributed by atoms with Crippen molar-refractivity contribution in [1.29, 1.82) is 0 Å². The monoisotopic (exact) mass is 1190 g/mol. The van der Waals surface area contributed by atoms with E-state index >= 15 is 0 Å². The summed E-state index contributed by atoms with van der Waals surface area (Å²) in [5, 5.41) is 31.6. The summed E-state index contributed by atoms with van der Waals surface area (Å²) in [7, 11) is 0. The molecular formula is C73H120O12. The lowest BCUT2D eigenvalue weighted by molar-refractivity contribution is -0.301. The molecule has 6 atom stereocenters. The Kier molecular flexibility index (Phi) is 55.1. The molecule has 12 heteroatoms. The zero-order chi connectivity index (χ0) is 61.7. The van der Waals surface area contributed by atoms with Crippen molar-refractivity contribution >= 4 is 23.9 Å². The lowest BCUT2D eigenvalue weighted by Gasteiger charge is -2.40. The number of carbonyl (C=O) groups is 4. The number of hydrogen-bond acceptors (Lipinski definition) is 11. The standard InChI is InChI=1S/C73H120O12/c1-4-7-10-13-16-19-22-25-28-31-33-36-38-41-44-47-50-53-56-59-65(74)81-62-64(83-66(75)60-57-54-51-48-45-42-40-37-34-32-29-26-23-20-17-14-11-8-5-2)63-82-73-71(69(78)68(77)70(85-73)72(79)80)84-67(76)61-58-55-52-49-46-43-39-35-30-27-24-21-18-15-12-9-6-3/h9,12,16-21,25-30,39,43,49,52,64,68-71,73,77-78H,4-8,10-11,13-15,22-24,31-38,40-42,44-48,50-51,53-63H2,1-3H3,(H,79,80)/b12-9-,19-16-,20-17-,21-18-,28-25-,29-26-,30-27-,43-39-,52-49-. The summed E-state index contributed by atoms with van der Waals surface area (Å²) in [5.41, 5.74) is 0. The first-order valence-corrected chi connectivity index (χ1v) is 33.9. The van der Waals surface area contributed by atoms with Crippen LogP contribution in [0.1, 0.15) is 278 Å². The van der Waals surface area contributed by atoms with Crippen LogP contribution in [0, 0.1) is 0 Å². The second-order valence-electron chi connectivity index (χ2n) is 22.7. The number of aliphatic hydroxyl groups is 2. The number of aliphatic hydroxyl groups excluding tert-OH is 2. The number of rotatable bonds is 57. The topological polar surface area (TPSA) is 175 Å². The van der Waals surface area contributed by atoms with Gasteiger partial charge in [-0.05, 0) is 122 Å². The highest BCUT2D eigenvalue weighted by Gasteiger charge is 2.50. The van der Waals surface area contributed by atoms with Gasteiger partial charge in [-0.1, -0.05) is 246 Å². The summed E-state index contributed by atoms with van der Waals surface area (Å²) < 4.78 is 28.5. The molecule has 0 saturated carbocycles. The number of carbonyl (C=O) groups excluding carboxylic acids is 3. The van der Waals surface area contributed by atoms with Gasteiger partial charge in [-0.15, -0.1) is 0 Å². The summed E-state index contributed by atoms with van der Waals surface area (Å²) in [6, 6.07) is 0. The van der Waals surface area contributed by atoms with Gasteiger partial charge < -0.3 is 39.0 Å². The van der Waals surface area contributed by atoms with Gasteiger partial charge in [0.05, 0.1) is 6.61 Å². The molecule has 0 aromatic heterocycles. The molecule has 0 aliphatic carbocycles. The van der Waals surface area contributed by atoms with Crippen LogP contribution in [0.5, 0.6) is 0 Å². The Morgan fingerprint density at radius 1 is 0.400 bits per heavy atom. The van der Waals surface area contributed by atoms with Gasteiger partial charge >= 0.3 is 23.9 Å². The first-order valence-electron chi connectivity index (χ1n) is 33.9. The third-order valence-electron chi connectivity index (χ3n) is 14.8. The largest absolute Gasteiger partial charge is 0.479 e. The number of aliphatic carboxylic acids is 1. The van der Waals surface area contributed by atoms with Gasteiger partial charge in [0.25, 0.3) is 0 Å². The normalized spacial score (nSPS) is 18.2. The maximum atomic E-state index is 13.2. The van der Waals surface area contributed by atoms with Gasteiger partial charge in [0.15, 0.2) is 24.6 Å². The smallest absolute Gasteiger partial charge is 0.335 e. The second-order valence-corrected chi connectivity index (χ2v) is 22.7. The minimum absolute atomic E-state index is 0.0227. The van der Waals surface area contributed by atoms with E-state index in [1.54, 1.807) is 0 Å². The van der Waals surface area contributed by atoms with E-state index < -0.39 is 67.3 Å². The molecule has 0 radical (unpaired) electrons. The number of unbranched alkanes of at least 4 members (excludes halogenated alkanes) is 25. The van der Waals surface area contributed by atoms with Crippen LogP contribution >= 0.6 is 0 Å². The average molecular weight is 1190 g/mol. The molecular weight excluding hydrogens is 1070 g/mol. The molecule has 484 valence electrons. The predicted octanol–water partition coefficient (Wildman–Crippen LogP) is 18.6. The van der Waals surface area contributed by atoms with Crippen LogP contribution in [-0.2, 0) is 42.9 Å². The molecule has 0 spiro atoms. The lowest BCUT2D eigenvalue weighted by atomic mass is 9.98. The highest BCUT2D eigenvalue weighted by atomic mass is 16.7. The Labute approximate surface area is 516 Å². The summed E-state index contributed by atoms with van der Waals surface area (Å²) >= 11 is 0. The first-order chi connectivity index (χ1) is 41.6. The number of ether oxygens (including phenoxy) is 5. The van der Waals surface area contributed by atoms with Gasteiger partial charge in [0.1, 0.15) is 18.8 Å². The molecule has 1 fully saturated rings. The zero-order valence-corrected chi connectivity index (χ0v) is 53.6. The minimum atomic E-state index is -1.93. The van der Waals surface area contributed by atoms with Gasteiger partial charge in [-0.2, -0.15) is 0 Å². The van der Waals surface area contributed by atoms with Crippen LogP contribution in [-0.4, -0.2) is 89.2 Å². The molecule has 0 bridgehead atoms. The van der Waals surface area contributed by atoms with E-state index in [2.05, 4.69) is 118 Å². The van der Waals surface area contributed by atoms with E-state index in [9.17, 15) is 34.5 Å². The molecule has 12 nitrogen and oxygen atoms in total. The lowest BCUT2D eigenvalue weighted by Crippen LogP contribution is -2.61. The highest BCUT2D eigenvalue weighted by molar-refractivity contribution is 5.74. The predicted molar refractivity (Wildman–Crippen MR) is 349 cm³/mol. The fraction of sp³-hybridized carbons (Fsp3) is 0.699. The van der Waals surface area contributed by atoms with Gasteiger partial charge in [0.2, 0.25) is 0 Å². The van der Waals surface area contributed by atoms with Gasteiger partial charge in [-0.25, -0.2) is 4.79 Å². The van der Waals surface area contributed by atoms with Crippen LogP contribution in [0.25, 0.3) is 0 Å². The molecule has 1 aliphatic rings. The molecule has 6 unspecified atom stereocenters. The summed E-state index contributed by atoms with van der Waals surface area (Å²) in [5.74, 6) is -3.21. The van der Waals surface area contributed by atoms with E-state index in [0.717, 1.165) is 103 Å². The second kappa shape index (κ2) is 59.7. The maximum absolute atomic E-state index is 13.2. The van der Waals surface area contributed by atoms with Crippen molar-refractivity contribution in [2.45, 2.75) is 314 Å². The summed E-state index contributed by atoms with van der Waals surface area (Å²) in [4.78, 5) is 51.4. The van der Waals surface area contributed by atoms with Crippen LogP contribution in [0.3, 0.4) is 0 Å². The van der Waals surface area contributed by atoms with E-state index in [4.69, 9.17) is 23.7 Å². The average Bonchev–Trinajstić information content (AvgIpc) is 2.83. The van der Waals surface area contributed by atoms with Crippen LogP contribution in [0.2, 0.25) is 0 Å². The SMILES string of the molecule is CC/C=C\C/C=C\C/C=C\C/C=C\C/C=C\CCCC(=O)OC1C(OCC(COC(=O)CCCCCCCCCCC/C=C\C/C=C\CCCCC)OC(=O)CCCCCCCCCCC/C=C\C/C=C\CCCCC)OC(C(=O)O)C(O)C1O. The van der Waals surface area contributed by atoms with Crippen LogP contribution in [0.15, 0.2) is 109 Å². The fourth-order valence-electron chi connectivity index (χ4n) is 9.64. The highest BCUT2D eigenvalue weighted by Crippen LogP contribution is 2.26. The Balaban J connectivity index is 2.69. The molecule has 0 aromatic rings. The molecule has 85 heavy (non-hydrogen) atoms. The Morgan fingerprint density at radius 2 is 0.753 bits per heavy atom. The molecule has 0 aromatic carbocycles.